The summed E-state index contributed by atoms with van der Waals surface area (Å²) in [4.78, 5) is 26.2. The quantitative estimate of drug-likeness (QED) is 0.653. The second-order valence-electron chi connectivity index (χ2n) is 4.14. The van der Waals surface area contributed by atoms with E-state index in [2.05, 4.69) is 0 Å². The Bertz CT molecular complexity index is 282. The van der Waals surface area contributed by atoms with Crippen molar-refractivity contribution in [2.45, 2.75) is 0 Å². The minimum Gasteiger partial charge on any atom is -0.411 e. The number of morpholine rings is 2. The third kappa shape index (κ3) is 4.25. The summed E-state index contributed by atoms with van der Waals surface area (Å²) >= 11 is 0. The molecule has 0 radical (unpaired) electrons. The number of carbonyl (C=O) groups excluding carboxylic acids is 2. The lowest BCUT2D eigenvalue weighted by molar-refractivity contribution is -0.0304. The average molecular weight is 274 g/mol. The third-order valence-corrected chi connectivity index (χ3v) is 2.90. The molecule has 0 N–H and O–H groups in total. The summed E-state index contributed by atoms with van der Waals surface area (Å²) in [5, 5.41) is 0. The number of hydrogen-bond acceptors (Lipinski definition) is 6. The molecule has 0 aromatic heterocycles. The molecule has 0 bridgehead atoms. The van der Waals surface area contributed by atoms with Gasteiger partial charge < -0.3 is 28.7 Å². The molecule has 0 atom stereocenters. The fraction of sp³-hybridized carbons (Fsp3) is 0.818. The summed E-state index contributed by atoms with van der Waals surface area (Å²) in [6.45, 7) is 3.63. The van der Waals surface area contributed by atoms with E-state index in [1.165, 1.54) is 9.80 Å². The van der Waals surface area contributed by atoms with Gasteiger partial charge in [-0.2, -0.15) is 0 Å². The molecule has 2 rings (SSSR count). The highest BCUT2D eigenvalue weighted by Gasteiger charge is 2.20. The van der Waals surface area contributed by atoms with E-state index in [9.17, 15) is 9.59 Å². The molecule has 0 spiro atoms. The van der Waals surface area contributed by atoms with E-state index in [1.807, 2.05) is 0 Å². The number of ether oxygens (including phenoxy) is 4. The fourth-order valence-corrected chi connectivity index (χ4v) is 1.80. The lowest BCUT2D eigenvalue weighted by atomic mass is 10.5. The standard InChI is InChI=1S/C11H18N2O6/c14-10(12-1-5-16-6-2-12)18-9-19-11(15)13-3-7-17-8-4-13/h1-9H2. The van der Waals surface area contributed by atoms with E-state index in [4.69, 9.17) is 18.9 Å². The molecule has 0 saturated carbocycles. The molecule has 8 heteroatoms. The van der Waals surface area contributed by atoms with Crippen LogP contribution in [0.15, 0.2) is 0 Å². The van der Waals surface area contributed by atoms with Crippen molar-refractivity contribution in [2.24, 2.45) is 0 Å². The van der Waals surface area contributed by atoms with Gasteiger partial charge in [-0.15, -0.1) is 0 Å². The number of amides is 2. The van der Waals surface area contributed by atoms with Crippen LogP contribution in [0.25, 0.3) is 0 Å². The summed E-state index contributed by atoms with van der Waals surface area (Å²) in [6.07, 6.45) is -0.976. The van der Waals surface area contributed by atoms with Crippen molar-refractivity contribution in [1.82, 2.24) is 9.80 Å². The first-order valence-electron chi connectivity index (χ1n) is 6.26. The molecule has 8 nitrogen and oxygen atoms in total. The van der Waals surface area contributed by atoms with Gasteiger partial charge in [-0.25, -0.2) is 9.59 Å². The maximum atomic E-state index is 11.6. The molecule has 2 amide bonds. The lowest BCUT2D eigenvalue weighted by Gasteiger charge is -2.27. The molecule has 108 valence electrons. The predicted molar refractivity (Wildman–Crippen MR) is 62.6 cm³/mol. The van der Waals surface area contributed by atoms with Gasteiger partial charge in [0.1, 0.15) is 0 Å². The Morgan fingerprint density at radius 2 is 1.16 bits per heavy atom. The van der Waals surface area contributed by atoms with E-state index < -0.39 is 12.2 Å². The molecule has 19 heavy (non-hydrogen) atoms. The molecule has 0 aliphatic carbocycles. The minimum absolute atomic E-state index is 0.369. The summed E-state index contributed by atoms with van der Waals surface area (Å²) in [6, 6.07) is 0. The van der Waals surface area contributed by atoms with Crippen LogP contribution in [-0.4, -0.2) is 81.4 Å². The Morgan fingerprint density at radius 3 is 1.53 bits per heavy atom. The highest BCUT2D eigenvalue weighted by Crippen LogP contribution is 2.02. The summed E-state index contributed by atoms with van der Waals surface area (Å²) in [5.74, 6) is 0. The Morgan fingerprint density at radius 1 is 0.789 bits per heavy atom. The van der Waals surface area contributed by atoms with E-state index in [-0.39, 0.29) is 6.79 Å². The molecule has 2 aliphatic rings. The van der Waals surface area contributed by atoms with Crippen molar-refractivity contribution in [1.29, 1.82) is 0 Å². The van der Waals surface area contributed by atoms with Gasteiger partial charge in [-0.05, 0) is 0 Å². The molecule has 0 aromatic rings. The van der Waals surface area contributed by atoms with Crippen LogP contribution >= 0.6 is 0 Å². The Hall–Kier alpha value is -1.54. The van der Waals surface area contributed by atoms with E-state index >= 15 is 0 Å². The van der Waals surface area contributed by atoms with Crippen LogP contribution < -0.4 is 0 Å². The van der Waals surface area contributed by atoms with Gasteiger partial charge >= 0.3 is 12.2 Å². The lowest BCUT2D eigenvalue weighted by Crippen LogP contribution is -2.43. The molecule has 2 heterocycles. The third-order valence-electron chi connectivity index (χ3n) is 2.90. The molecular formula is C11H18N2O6. The van der Waals surface area contributed by atoms with Gasteiger partial charge in [0, 0.05) is 26.2 Å². The number of carbonyl (C=O) groups is 2. The van der Waals surface area contributed by atoms with E-state index in [0.717, 1.165) is 0 Å². The zero-order valence-electron chi connectivity index (χ0n) is 10.7. The molecule has 2 fully saturated rings. The first kappa shape index (κ1) is 13.9. The molecule has 2 aliphatic heterocycles. The van der Waals surface area contributed by atoms with Crippen LogP contribution in [0.2, 0.25) is 0 Å². The normalized spacial score (nSPS) is 20.0. The summed E-state index contributed by atoms with van der Waals surface area (Å²) in [7, 11) is 0. The number of rotatable bonds is 2. The van der Waals surface area contributed by atoms with Crippen LogP contribution in [0, 0.1) is 0 Å². The van der Waals surface area contributed by atoms with Crippen molar-refractivity contribution >= 4 is 12.2 Å². The smallest absolute Gasteiger partial charge is 0.411 e. The van der Waals surface area contributed by atoms with Gasteiger partial charge in [0.25, 0.3) is 0 Å². The Kier molecular flexibility index (Phi) is 5.22. The van der Waals surface area contributed by atoms with Gasteiger partial charge in [0.05, 0.1) is 26.4 Å². The summed E-state index contributed by atoms with van der Waals surface area (Å²) in [5.41, 5.74) is 0. The maximum Gasteiger partial charge on any atom is 0.412 e. The molecule has 0 aromatic carbocycles. The van der Waals surface area contributed by atoms with Crippen LogP contribution in [0.3, 0.4) is 0 Å². The van der Waals surface area contributed by atoms with Gasteiger partial charge in [0.15, 0.2) is 0 Å². The molecular weight excluding hydrogens is 256 g/mol. The van der Waals surface area contributed by atoms with Crippen molar-refractivity contribution in [2.75, 3.05) is 59.4 Å². The Labute approximate surface area is 111 Å². The first-order valence-corrected chi connectivity index (χ1v) is 6.26. The number of hydrogen-bond donors (Lipinski definition) is 0. The fourth-order valence-electron chi connectivity index (χ4n) is 1.80. The van der Waals surface area contributed by atoms with Crippen molar-refractivity contribution in [3.05, 3.63) is 0 Å². The van der Waals surface area contributed by atoms with E-state index in [1.54, 1.807) is 0 Å². The highest BCUT2D eigenvalue weighted by atomic mass is 16.7. The van der Waals surface area contributed by atoms with Gasteiger partial charge in [0.2, 0.25) is 6.79 Å². The second-order valence-corrected chi connectivity index (χ2v) is 4.14. The van der Waals surface area contributed by atoms with Crippen LogP contribution in [0.5, 0.6) is 0 Å². The minimum atomic E-state index is -0.488. The Balaban J connectivity index is 1.62. The SMILES string of the molecule is O=C(OCOC(=O)N1CCOCC1)N1CCOCC1. The maximum absolute atomic E-state index is 11.6. The van der Waals surface area contributed by atoms with E-state index in [0.29, 0.717) is 52.6 Å². The average Bonchev–Trinajstić information content (AvgIpc) is 2.49. The summed E-state index contributed by atoms with van der Waals surface area (Å²) < 4.78 is 20.0. The van der Waals surface area contributed by atoms with Crippen molar-refractivity contribution in [3.63, 3.8) is 0 Å². The van der Waals surface area contributed by atoms with Crippen molar-refractivity contribution in [3.8, 4) is 0 Å². The first-order chi connectivity index (χ1) is 9.27. The topological polar surface area (TPSA) is 77.5 Å². The monoisotopic (exact) mass is 274 g/mol. The predicted octanol–water partition coefficient (Wildman–Crippen LogP) is -0.119. The van der Waals surface area contributed by atoms with Gasteiger partial charge in [-0.3, -0.25) is 0 Å². The van der Waals surface area contributed by atoms with Crippen molar-refractivity contribution < 1.29 is 28.5 Å². The second kappa shape index (κ2) is 7.15. The number of nitrogens with zero attached hydrogens (tertiary/aromatic N) is 2. The van der Waals surface area contributed by atoms with Crippen LogP contribution in [0.1, 0.15) is 0 Å². The largest absolute Gasteiger partial charge is 0.412 e. The molecule has 2 saturated heterocycles. The zero-order chi connectivity index (χ0) is 13.5. The van der Waals surface area contributed by atoms with Gasteiger partial charge in [-0.1, -0.05) is 0 Å². The highest BCUT2D eigenvalue weighted by molar-refractivity contribution is 5.69. The van der Waals surface area contributed by atoms with Crippen LogP contribution in [0.4, 0.5) is 9.59 Å². The molecule has 0 unspecified atom stereocenters. The van der Waals surface area contributed by atoms with Crippen LogP contribution in [-0.2, 0) is 18.9 Å². The zero-order valence-corrected chi connectivity index (χ0v) is 10.7.